The second-order valence-electron chi connectivity index (χ2n) is 6.01. The van der Waals surface area contributed by atoms with Crippen molar-refractivity contribution < 1.29 is 4.74 Å². The zero-order chi connectivity index (χ0) is 17.5. The van der Waals surface area contributed by atoms with Gasteiger partial charge in [-0.05, 0) is 41.8 Å². The largest absolute Gasteiger partial charge is 0.489 e. The number of pyridine rings is 1. The Hall–Kier alpha value is -2.36. The fourth-order valence-electron chi connectivity index (χ4n) is 2.42. The molecule has 1 aromatic heterocycles. The molecule has 25 heavy (non-hydrogen) atoms. The summed E-state index contributed by atoms with van der Waals surface area (Å²) in [6.07, 6.45) is 1.79. The fourth-order valence-corrected chi connectivity index (χ4v) is 2.53. The van der Waals surface area contributed by atoms with Crippen molar-refractivity contribution in [2.24, 2.45) is 0 Å². The topological polar surface area (TPSA) is 34.1 Å². The number of hydrogen-bond acceptors (Lipinski definition) is 3. The molecule has 4 heteroatoms. The molecule has 0 bridgehead atoms. The number of hydrogen-bond donors (Lipinski definition) is 1. The minimum atomic E-state index is 0.518. The second kappa shape index (κ2) is 8.65. The molecule has 2 aromatic carbocycles. The quantitative estimate of drug-likeness (QED) is 0.613. The summed E-state index contributed by atoms with van der Waals surface area (Å²) >= 11 is 5.78. The van der Waals surface area contributed by atoms with Crippen LogP contribution in [0.5, 0.6) is 5.75 Å². The molecule has 0 saturated carbocycles. The van der Waals surface area contributed by atoms with Crippen LogP contribution in [0.25, 0.3) is 0 Å². The van der Waals surface area contributed by atoms with E-state index in [0.29, 0.717) is 11.8 Å². The van der Waals surface area contributed by atoms with Gasteiger partial charge >= 0.3 is 0 Å². The van der Waals surface area contributed by atoms with Crippen LogP contribution in [0, 0.1) is 6.92 Å². The lowest BCUT2D eigenvalue weighted by Crippen LogP contribution is -2.12. The van der Waals surface area contributed by atoms with Crippen molar-refractivity contribution in [3.05, 3.63) is 94.3 Å². The molecule has 0 saturated heterocycles. The SMILES string of the molecule is Cc1ccc(COc2ccc(CNCc3ccc(Cl)nc3)cc2)cc1. The van der Waals surface area contributed by atoms with Gasteiger partial charge in [0.2, 0.25) is 0 Å². The van der Waals surface area contributed by atoms with E-state index in [-0.39, 0.29) is 0 Å². The van der Waals surface area contributed by atoms with E-state index in [9.17, 15) is 0 Å². The Kier molecular flexibility index (Phi) is 6.04. The number of rotatable bonds is 7. The number of halogens is 1. The summed E-state index contributed by atoms with van der Waals surface area (Å²) in [7, 11) is 0. The summed E-state index contributed by atoms with van der Waals surface area (Å²) in [6.45, 7) is 4.22. The predicted octanol–water partition coefficient (Wildman–Crippen LogP) is 4.91. The lowest BCUT2D eigenvalue weighted by molar-refractivity contribution is 0.306. The van der Waals surface area contributed by atoms with Crippen LogP contribution >= 0.6 is 11.6 Å². The third kappa shape index (κ3) is 5.59. The molecule has 0 aliphatic rings. The van der Waals surface area contributed by atoms with E-state index in [2.05, 4.69) is 53.6 Å². The maximum absolute atomic E-state index is 5.83. The Bertz CT molecular complexity index is 784. The van der Waals surface area contributed by atoms with Crippen molar-refractivity contribution >= 4 is 11.6 Å². The first kappa shape index (κ1) is 17.5. The van der Waals surface area contributed by atoms with Crippen LogP contribution < -0.4 is 10.1 Å². The smallest absolute Gasteiger partial charge is 0.129 e. The van der Waals surface area contributed by atoms with Crippen LogP contribution in [0.2, 0.25) is 5.15 Å². The summed E-state index contributed by atoms with van der Waals surface area (Å²) in [5.74, 6) is 0.881. The van der Waals surface area contributed by atoms with Gasteiger partial charge in [0.15, 0.2) is 0 Å². The third-order valence-electron chi connectivity index (χ3n) is 3.90. The van der Waals surface area contributed by atoms with Gasteiger partial charge in [0, 0.05) is 19.3 Å². The van der Waals surface area contributed by atoms with Gasteiger partial charge in [-0.1, -0.05) is 59.6 Å². The Morgan fingerprint density at radius 1 is 0.840 bits per heavy atom. The molecule has 0 fully saturated rings. The highest BCUT2D eigenvalue weighted by atomic mass is 35.5. The monoisotopic (exact) mass is 352 g/mol. The van der Waals surface area contributed by atoms with Crippen molar-refractivity contribution in [1.29, 1.82) is 0 Å². The van der Waals surface area contributed by atoms with Gasteiger partial charge in [-0.25, -0.2) is 4.98 Å². The Morgan fingerprint density at radius 2 is 1.48 bits per heavy atom. The van der Waals surface area contributed by atoms with Gasteiger partial charge in [0.25, 0.3) is 0 Å². The molecule has 0 aliphatic heterocycles. The van der Waals surface area contributed by atoms with Crippen LogP contribution in [0.3, 0.4) is 0 Å². The summed E-state index contributed by atoms with van der Waals surface area (Å²) in [4.78, 5) is 4.08. The molecule has 128 valence electrons. The van der Waals surface area contributed by atoms with Crippen LogP contribution in [0.15, 0.2) is 66.9 Å². The van der Waals surface area contributed by atoms with E-state index < -0.39 is 0 Å². The lowest BCUT2D eigenvalue weighted by Gasteiger charge is -2.09. The molecule has 0 aliphatic carbocycles. The third-order valence-corrected chi connectivity index (χ3v) is 4.12. The fraction of sp³-hybridized carbons (Fsp3) is 0.190. The number of aromatic nitrogens is 1. The number of ether oxygens (including phenoxy) is 1. The Labute approximate surface area is 153 Å². The van der Waals surface area contributed by atoms with Crippen molar-refractivity contribution in [3.8, 4) is 5.75 Å². The molecule has 3 nitrogen and oxygen atoms in total. The minimum absolute atomic E-state index is 0.518. The highest BCUT2D eigenvalue weighted by Gasteiger charge is 1.99. The van der Waals surface area contributed by atoms with Crippen molar-refractivity contribution in [2.45, 2.75) is 26.6 Å². The predicted molar refractivity (Wildman–Crippen MR) is 102 cm³/mol. The normalized spacial score (nSPS) is 10.6. The van der Waals surface area contributed by atoms with Gasteiger partial charge in [-0.15, -0.1) is 0 Å². The Morgan fingerprint density at radius 3 is 2.16 bits per heavy atom. The summed E-state index contributed by atoms with van der Waals surface area (Å²) in [5.41, 5.74) is 4.76. The molecule has 1 N–H and O–H groups in total. The van der Waals surface area contributed by atoms with Gasteiger partial charge in [0.05, 0.1) is 0 Å². The number of nitrogens with zero attached hydrogens (tertiary/aromatic N) is 1. The lowest BCUT2D eigenvalue weighted by atomic mass is 10.2. The molecule has 0 amide bonds. The Balaban J connectivity index is 1.45. The molecule has 0 radical (unpaired) electrons. The summed E-state index contributed by atoms with van der Waals surface area (Å²) in [6, 6.07) is 20.4. The zero-order valence-corrected chi connectivity index (χ0v) is 15.0. The van der Waals surface area contributed by atoms with Crippen molar-refractivity contribution in [3.63, 3.8) is 0 Å². The van der Waals surface area contributed by atoms with E-state index in [1.54, 1.807) is 12.3 Å². The summed E-state index contributed by atoms with van der Waals surface area (Å²) in [5, 5.41) is 3.91. The maximum Gasteiger partial charge on any atom is 0.129 e. The van der Waals surface area contributed by atoms with E-state index >= 15 is 0 Å². The zero-order valence-electron chi connectivity index (χ0n) is 14.2. The maximum atomic E-state index is 5.83. The molecule has 3 aromatic rings. The average Bonchev–Trinajstić information content (AvgIpc) is 2.64. The van der Waals surface area contributed by atoms with E-state index in [4.69, 9.17) is 16.3 Å². The average molecular weight is 353 g/mol. The second-order valence-corrected chi connectivity index (χ2v) is 6.40. The number of benzene rings is 2. The molecular formula is C21H21ClN2O. The first-order valence-corrected chi connectivity index (χ1v) is 8.65. The van der Waals surface area contributed by atoms with Crippen molar-refractivity contribution in [2.75, 3.05) is 0 Å². The minimum Gasteiger partial charge on any atom is -0.489 e. The molecular weight excluding hydrogens is 332 g/mol. The first-order chi connectivity index (χ1) is 12.2. The van der Waals surface area contributed by atoms with E-state index in [0.717, 1.165) is 24.4 Å². The number of aryl methyl sites for hydroxylation is 1. The first-order valence-electron chi connectivity index (χ1n) is 8.27. The van der Waals surface area contributed by atoms with Gasteiger partial charge < -0.3 is 10.1 Å². The molecule has 0 spiro atoms. The van der Waals surface area contributed by atoms with E-state index in [1.165, 1.54) is 16.7 Å². The van der Waals surface area contributed by atoms with Crippen LogP contribution in [0.4, 0.5) is 0 Å². The highest BCUT2D eigenvalue weighted by molar-refractivity contribution is 6.29. The molecule has 0 unspecified atom stereocenters. The standard InChI is InChI=1S/C21H21ClN2O/c1-16-2-4-18(5-3-16)15-25-20-9-6-17(7-10-20)12-23-13-19-8-11-21(22)24-14-19/h2-11,14,23H,12-13,15H2,1H3. The molecule has 0 atom stereocenters. The van der Waals surface area contributed by atoms with Crippen LogP contribution in [-0.2, 0) is 19.7 Å². The van der Waals surface area contributed by atoms with Crippen LogP contribution in [-0.4, -0.2) is 4.98 Å². The van der Waals surface area contributed by atoms with Gasteiger partial charge in [-0.2, -0.15) is 0 Å². The number of nitrogens with one attached hydrogen (secondary N) is 1. The van der Waals surface area contributed by atoms with Gasteiger partial charge in [0.1, 0.15) is 17.5 Å². The summed E-state index contributed by atoms with van der Waals surface area (Å²) < 4.78 is 5.83. The van der Waals surface area contributed by atoms with Gasteiger partial charge in [-0.3, -0.25) is 0 Å². The van der Waals surface area contributed by atoms with Crippen LogP contribution in [0.1, 0.15) is 22.3 Å². The van der Waals surface area contributed by atoms with Crippen molar-refractivity contribution in [1.82, 2.24) is 10.3 Å². The molecule has 1 heterocycles. The highest BCUT2D eigenvalue weighted by Crippen LogP contribution is 2.15. The molecule has 3 rings (SSSR count). The van der Waals surface area contributed by atoms with E-state index in [1.807, 2.05) is 18.2 Å².